The Morgan fingerprint density at radius 1 is 1.38 bits per heavy atom. The number of hydrogen-bond donors (Lipinski definition) is 2. The van der Waals surface area contributed by atoms with Crippen LogP contribution in [0.4, 0.5) is 5.82 Å². The van der Waals surface area contributed by atoms with E-state index in [0.29, 0.717) is 29.6 Å². The average Bonchev–Trinajstić information content (AvgIpc) is 2.53. The molecule has 1 aromatic carbocycles. The first-order valence-corrected chi connectivity index (χ1v) is 7.65. The summed E-state index contributed by atoms with van der Waals surface area (Å²) in [6.07, 6.45) is 1.66. The van der Waals surface area contributed by atoms with Crippen molar-refractivity contribution < 1.29 is 9.47 Å². The summed E-state index contributed by atoms with van der Waals surface area (Å²) in [7, 11) is 0. The number of H-pyrrole nitrogens is 1. The van der Waals surface area contributed by atoms with Gasteiger partial charge in [0.05, 0.1) is 18.9 Å². The van der Waals surface area contributed by atoms with Crippen molar-refractivity contribution >= 4 is 12.0 Å². The van der Waals surface area contributed by atoms with Crippen LogP contribution < -0.4 is 20.6 Å². The molecule has 128 valence electrons. The highest BCUT2D eigenvalue weighted by Gasteiger charge is 2.07. The quantitative estimate of drug-likeness (QED) is 0.595. The maximum absolute atomic E-state index is 11.2. The second kappa shape index (κ2) is 8.09. The van der Waals surface area contributed by atoms with Gasteiger partial charge in [0.15, 0.2) is 17.3 Å². The van der Waals surface area contributed by atoms with Gasteiger partial charge < -0.3 is 9.47 Å². The van der Waals surface area contributed by atoms with Gasteiger partial charge in [0.2, 0.25) is 0 Å². The maximum Gasteiger partial charge on any atom is 0.363 e. The monoisotopic (exact) mass is 331 g/mol. The van der Waals surface area contributed by atoms with Gasteiger partial charge in [0.1, 0.15) is 5.69 Å². The van der Waals surface area contributed by atoms with Crippen LogP contribution in [0.3, 0.4) is 0 Å². The molecule has 2 rings (SSSR count). The van der Waals surface area contributed by atoms with Crippen LogP contribution in [0.15, 0.2) is 28.1 Å². The van der Waals surface area contributed by atoms with Crippen LogP contribution >= 0.6 is 0 Å². The molecular weight excluding hydrogens is 310 g/mol. The van der Waals surface area contributed by atoms with Crippen LogP contribution in [0, 0.1) is 6.92 Å². The molecule has 0 bridgehead atoms. The molecule has 0 aliphatic carbocycles. The molecule has 8 nitrogen and oxygen atoms in total. The van der Waals surface area contributed by atoms with E-state index in [4.69, 9.17) is 9.47 Å². The smallest absolute Gasteiger partial charge is 0.363 e. The third-order valence-electron chi connectivity index (χ3n) is 2.89. The van der Waals surface area contributed by atoms with E-state index in [1.165, 1.54) is 0 Å². The maximum atomic E-state index is 11.2. The first-order valence-electron chi connectivity index (χ1n) is 7.65. The summed E-state index contributed by atoms with van der Waals surface area (Å²) in [5.74, 6) is 1.65. The number of hydrogen-bond acceptors (Lipinski definition) is 7. The van der Waals surface area contributed by atoms with E-state index in [1.54, 1.807) is 13.1 Å². The Bertz CT molecular complexity index is 771. The summed E-state index contributed by atoms with van der Waals surface area (Å²) in [5, 5.41) is 10.1. The summed E-state index contributed by atoms with van der Waals surface area (Å²) in [6.45, 7) is 8.08. The molecule has 2 aromatic rings. The summed E-state index contributed by atoms with van der Waals surface area (Å²) < 4.78 is 11.3. The number of aromatic nitrogens is 3. The molecule has 1 heterocycles. The zero-order valence-corrected chi connectivity index (χ0v) is 14.2. The van der Waals surface area contributed by atoms with Crippen molar-refractivity contribution in [1.82, 2.24) is 15.2 Å². The second-order valence-corrected chi connectivity index (χ2v) is 5.25. The molecule has 0 amide bonds. The standard InChI is InChI=1S/C16H21N5O3/c1-5-23-14-8-12(6-7-13(14)24-10(2)3)9-17-20-15-11(4)19-21-16(22)18-15/h6-10H,5H2,1-4H3,(H2,18,20,21,22). The van der Waals surface area contributed by atoms with Crippen LogP contribution in [0.5, 0.6) is 11.5 Å². The van der Waals surface area contributed by atoms with Gasteiger partial charge in [0, 0.05) is 0 Å². The highest BCUT2D eigenvalue weighted by molar-refractivity contribution is 5.81. The van der Waals surface area contributed by atoms with E-state index in [0.717, 1.165) is 5.56 Å². The Morgan fingerprint density at radius 3 is 2.88 bits per heavy atom. The van der Waals surface area contributed by atoms with Crippen molar-refractivity contribution in [3.8, 4) is 11.5 Å². The number of hydrazone groups is 1. The van der Waals surface area contributed by atoms with E-state index in [-0.39, 0.29) is 6.10 Å². The molecule has 0 atom stereocenters. The zero-order chi connectivity index (χ0) is 17.5. The first-order chi connectivity index (χ1) is 11.5. The highest BCUT2D eigenvalue weighted by Crippen LogP contribution is 2.28. The summed E-state index contributed by atoms with van der Waals surface area (Å²) in [4.78, 5) is 14.9. The topological polar surface area (TPSA) is 101 Å². The van der Waals surface area contributed by atoms with Gasteiger partial charge in [-0.3, -0.25) is 5.43 Å². The average molecular weight is 331 g/mol. The van der Waals surface area contributed by atoms with Gasteiger partial charge in [-0.25, -0.2) is 9.89 Å². The Labute approximate surface area is 139 Å². The van der Waals surface area contributed by atoms with Crippen LogP contribution in [0.25, 0.3) is 0 Å². The molecule has 0 aliphatic rings. The van der Waals surface area contributed by atoms with Crippen LogP contribution in [0.1, 0.15) is 32.0 Å². The van der Waals surface area contributed by atoms with Gasteiger partial charge in [-0.05, 0) is 51.5 Å². The molecule has 24 heavy (non-hydrogen) atoms. The fourth-order valence-electron chi connectivity index (χ4n) is 1.89. The highest BCUT2D eigenvalue weighted by atomic mass is 16.5. The predicted octanol–water partition coefficient (Wildman–Crippen LogP) is 2.11. The number of aryl methyl sites for hydroxylation is 1. The Balaban J connectivity index is 2.15. The molecule has 0 saturated carbocycles. The molecule has 0 aliphatic heterocycles. The normalized spacial score (nSPS) is 11.0. The van der Waals surface area contributed by atoms with E-state index in [9.17, 15) is 4.79 Å². The van der Waals surface area contributed by atoms with Crippen molar-refractivity contribution in [2.24, 2.45) is 5.10 Å². The zero-order valence-electron chi connectivity index (χ0n) is 14.2. The Morgan fingerprint density at radius 2 is 2.17 bits per heavy atom. The predicted molar refractivity (Wildman–Crippen MR) is 92.0 cm³/mol. The fraction of sp³-hybridized carbons (Fsp3) is 0.375. The number of nitrogens with one attached hydrogen (secondary N) is 2. The largest absolute Gasteiger partial charge is 0.490 e. The second-order valence-electron chi connectivity index (χ2n) is 5.25. The van der Waals surface area contributed by atoms with Crippen molar-refractivity contribution in [3.63, 3.8) is 0 Å². The minimum absolute atomic E-state index is 0.0584. The summed E-state index contributed by atoms with van der Waals surface area (Å²) in [6, 6.07) is 5.54. The number of ether oxygens (including phenoxy) is 2. The van der Waals surface area contributed by atoms with E-state index < -0.39 is 5.69 Å². The van der Waals surface area contributed by atoms with Crippen molar-refractivity contribution in [3.05, 3.63) is 39.9 Å². The lowest BCUT2D eigenvalue weighted by Crippen LogP contribution is -2.15. The lowest BCUT2D eigenvalue weighted by molar-refractivity contribution is 0.224. The van der Waals surface area contributed by atoms with E-state index >= 15 is 0 Å². The van der Waals surface area contributed by atoms with E-state index in [1.807, 2.05) is 39.0 Å². The molecule has 0 saturated heterocycles. The summed E-state index contributed by atoms with van der Waals surface area (Å²) in [5.41, 5.74) is 3.53. The number of rotatable bonds is 7. The molecule has 2 N–H and O–H groups in total. The minimum Gasteiger partial charge on any atom is -0.490 e. The third kappa shape index (κ3) is 4.80. The molecule has 0 spiro atoms. The summed E-state index contributed by atoms with van der Waals surface area (Å²) >= 11 is 0. The van der Waals surface area contributed by atoms with Gasteiger partial charge in [0.25, 0.3) is 0 Å². The number of anilines is 1. The number of nitrogens with zero attached hydrogens (tertiary/aromatic N) is 3. The first kappa shape index (κ1) is 17.5. The number of aromatic amines is 1. The Kier molecular flexibility index (Phi) is 5.89. The van der Waals surface area contributed by atoms with Crippen LogP contribution in [-0.2, 0) is 0 Å². The minimum atomic E-state index is -0.535. The Hall–Kier alpha value is -2.90. The van der Waals surface area contributed by atoms with Gasteiger partial charge >= 0.3 is 5.69 Å². The molecule has 8 heteroatoms. The van der Waals surface area contributed by atoms with Crippen molar-refractivity contribution in [2.45, 2.75) is 33.8 Å². The molecule has 0 radical (unpaired) electrons. The van der Waals surface area contributed by atoms with Crippen molar-refractivity contribution in [1.29, 1.82) is 0 Å². The third-order valence-corrected chi connectivity index (χ3v) is 2.89. The van der Waals surface area contributed by atoms with Crippen molar-refractivity contribution in [2.75, 3.05) is 12.0 Å². The van der Waals surface area contributed by atoms with Gasteiger partial charge in [-0.2, -0.15) is 15.2 Å². The van der Waals surface area contributed by atoms with Gasteiger partial charge in [-0.1, -0.05) is 0 Å². The molecule has 1 aromatic heterocycles. The lowest BCUT2D eigenvalue weighted by atomic mass is 10.2. The molecule has 0 unspecified atom stereocenters. The van der Waals surface area contributed by atoms with Crippen LogP contribution in [-0.4, -0.2) is 34.1 Å². The SMILES string of the molecule is CCOc1cc(C=NNc2nc(=O)[nH]nc2C)ccc1OC(C)C. The van der Waals surface area contributed by atoms with Gasteiger partial charge in [-0.15, -0.1) is 0 Å². The number of benzene rings is 1. The molecule has 0 fully saturated rings. The van der Waals surface area contributed by atoms with E-state index in [2.05, 4.69) is 25.7 Å². The lowest BCUT2D eigenvalue weighted by Gasteiger charge is -2.14. The van der Waals surface area contributed by atoms with Crippen LogP contribution in [0.2, 0.25) is 0 Å². The fourth-order valence-corrected chi connectivity index (χ4v) is 1.89. The molecular formula is C16H21N5O3.